The number of rotatable bonds is 28. The van der Waals surface area contributed by atoms with E-state index in [1.165, 1.54) is 155 Å². The van der Waals surface area contributed by atoms with Crippen molar-refractivity contribution in [2.75, 3.05) is 0 Å². The minimum atomic E-state index is -0.0403. The Hall–Kier alpha value is -6.96. The molecule has 0 N–H and O–H groups in total. The zero-order chi connectivity index (χ0) is 53.3. The van der Waals surface area contributed by atoms with Crippen LogP contribution in [0.4, 0.5) is 0 Å². The molecular formula is C76H86O. The molecule has 2 aliphatic carbocycles. The van der Waals surface area contributed by atoms with Crippen molar-refractivity contribution in [3.05, 3.63) is 286 Å². The molecule has 0 radical (unpaired) electrons. The first-order valence-corrected chi connectivity index (χ1v) is 29.9. The fourth-order valence-corrected chi connectivity index (χ4v) is 11.9. The van der Waals surface area contributed by atoms with Crippen LogP contribution < -0.4 is 0 Å². The van der Waals surface area contributed by atoms with E-state index in [1.807, 2.05) is 0 Å². The van der Waals surface area contributed by atoms with Crippen LogP contribution >= 0.6 is 0 Å². The van der Waals surface area contributed by atoms with Crippen LogP contribution in [-0.4, -0.2) is 0 Å². The van der Waals surface area contributed by atoms with E-state index < -0.39 is 0 Å². The molecule has 0 spiro atoms. The maximum Gasteiger partial charge on any atom is 0.127 e. The molecule has 77 heavy (non-hydrogen) atoms. The van der Waals surface area contributed by atoms with E-state index in [4.69, 9.17) is 4.74 Å². The Morgan fingerprint density at radius 3 is 0.883 bits per heavy atom. The van der Waals surface area contributed by atoms with Gasteiger partial charge in [0.05, 0.1) is 0 Å². The number of benzene rings is 6. The Morgan fingerprint density at radius 2 is 0.597 bits per heavy atom. The molecule has 2 aliphatic rings. The van der Waals surface area contributed by atoms with E-state index in [2.05, 4.69) is 246 Å². The predicted octanol–water partition coefficient (Wildman–Crippen LogP) is 22.2. The molecule has 0 aliphatic heterocycles. The molecule has 6 aromatic carbocycles. The van der Waals surface area contributed by atoms with Gasteiger partial charge in [-0.15, -0.1) is 0 Å². The summed E-state index contributed by atoms with van der Waals surface area (Å²) < 4.78 is 7.93. The summed E-state index contributed by atoms with van der Waals surface area (Å²) in [5.41, 5.74) is 18.0. The standard InChI is InChI=1S/C76H86O/c1-5-9-11-13-15-17-37-53-67-69(57-55-59(39-7-3)73(67)75(65-49-33-23-34-50-65)71(61-41-25-19-26-42-61)62-43-27-20-28-44-62)77-70-58-56-60(40-8-4)74(68(70)54-38-18-16-14-12-10-6-2)76(66-51-35-24-36-52-66)72(63-45-29-21-30-46-63)64-47-31-22-32-48-64/h19-36,39-52,55-58,73-74H,5-18,37-38,53-54H2,1-4H3. The monoisotopic (exact) mass is 1010 g/mol. The number of unbranched alkanes of at least 4 members (excludes halogenated alkanes) is 12. The summed E-state index contributed by atoms with van der Waals surface area (Å²) in [6, 6.07) is 67.1. The first-order chi connectivity index (χ1) is 38.1. The number of allylic oxidation sites excluding steroid dienone is 12. The largest absolute Gasteiger partial charge is 0.457 e. The van der Waals surface area contributed by atoms with Crippen molar-refractivity contribution in [1.29, 1.82) is 0 Å². The molecule has 8 rings (SSSR count). The highest BCUT2D eigenvalue weighted by Gasteiger charge is 2.35. The van der Waals surface area contributed by atoms with Crippen molar-refractivity contribution in [1.82, 2.24) is 0 Å². The fourth-order valence-electron chi connectivity index (χ4n) is 11.9. The lowest BCUT2D eigenvalue weighted by Crippen LogP contribution is -2.20. The van der Waals surface area contributed by atoms with Crippen molar-refractivity contribution in [2.45, 2.75) is 143 Å². The molecule has 0 heterocycles. The van der Waals surface area contributed by atoms with Crippen molar-refractivity contribution >= 4 is 22.3 Å². The Labute approximate surface area is 465 Å². The van der Waals surface area contributed by atoms with Gasteiger partial charge in [0.2, 0.25) is 0 Å². The summed E-state index contributed by atoms with van der Waals surface area (Å²) in [6.45, 7) is 9.20. The molecule has 0 aromatic heterocycles. The molecule has 0 fully saturated rings. The second-order valence-corrected chi connectivity index (χ2v) is 21.2. The SMILES string of the molecule is CCC=C1C=CC(OC2=C(CCCCCCCCC)C(C(=C(c3ccccc3)c3ccccc3)c3ccccc3)C(=CCC)C=C2)=C(CCCCCCCCC)C1C(=C(c1ccccc1)c1ccccc1)c1ccccc1. The highest BCUT2D eigenvalue weighted by molar-refractivity contribution is 6.02. The summed E-state index contributed by atoms with van der Waals surface area (Å²) in [5, 5.41) is 0. The average Bonchev–Trinajstić information content (AvgIpc) is 3.53. The summed E-state index contributed by atoms with van der Waals surface area (Å²) in [7, 11) is 0. The van der Waals surface area contributed by atoms with Crippen molar-refractivity contribution in [3.8, 4) is 0 Å². The molecule has 0 saturated heterocycles. The normalized spacial score (nSPS) is 16.3. The minimum Gasteiger partial charge on any atom is -0.457 e. The number of hydrogen-bond donors (Lipinski definition) is 0. The Kier molecular flexibility index (Phi) is 22.4. The second kappa shape index (κ2) is 30.7. The Morgan fingerprint density at radius 1 is 0.325 bits per heavy atom. The quantitative estimate of drug-likeness (QED) is 0.0352. The molecule has 0 bridgehead atoms. The summed E-state index contributed by atoms with van der Waals surface area (Å²) in [4.78, 5) is 0. The van der Waals surface area contributed by atoms with Gasteiger partial charge >= 0.3 is 0 Å². The summed E-state index contributed by atoms with van der Waals surface area (Å²) in [5.74, 6) is 1.92. The number of ether oxygens (including phenoxy) is 1. The molecule has 1 nitrogen and oxygen atoms in total. The Balaban J connectivity index is 1.40. The van der Waals surface area contributed by atoms with Crippen LogP contribution in [0.1, 0.15) is 177 Å². The van der Waals surface area contributed by atoms with E-state index >= 15 is 0 Å². The van der Waals surface area contributed by atoms with Gasteiger partial charge in [-0.2, -0.15) is 0 Å². The zero-order valence-corrected chi connectivity index (χ0v) is 47.1. The molecule has 1 heteroatoms. The highest BCUT2D eigenvalue weighted by Crippen LogP contribution is 2.51. The van der Waals surface area contributed by atoms with E-state index in [0.717, 1.165) is 50.0 Å². The average molecular weight is 1020 g/mol. The van der Waals surface area contributed by atoms with Gasteiger partial charge in [-0.3, -0.25) is 0 Å². The third-order valence-electron chi connectivity index (χ3n) is 15.6. The third-order valence-corrected chi connectivity index (χ3v) is 15.6. The number of hydrogen-bond acceptors (Lipinski definition) is 1. The van der Waals surface area contributed by atoms with E-state index in [-0.39, 0.29) is 11.8 Å². The van der Waals surface area contributed by atoms with Crippen molar-refractivity contribution in [2.24, 2.45) is 11.8 Å². The van der Waals surface area contributed by atoms with E-state index in [0.29, 0.717) is 0 Å². The van der Waals surface area contributed by atoms with Gasteiger partial charge in [0.1, 0.15) is 11.5 Å². The van der Waals surface area contributed by atoms with E-state index in [1.54, 1.807) is 0 Å². The topological polar surface area (TPSA) is 9.23 Å². The van der Waals surface area contributed by atoms with Gasteiger partial charge in [0.15, 0.2) is 0 Å². The first-order valence-electron chi connectivity index (χ1n) is 29.9. The smallest absolute Gasteiger partial charge is 0.127 e. The maximum absolute atomic E-state index is 7.93. The minimum absolute atomic E-state index is 0.0403. The Bertz CT molecular complexity index is 2690. The maximum atomic E-state index is 7.93. The van der Waals surface area contributed by atoms with Crippen LogP contribution in [-0.2, 0) is 4.74 Å². The fraction of sp³-hybridized carbons (Fsp3) is 0.316. The van der Waals surface area contributed by atoms with Crippen LogP contribution in [0.3, 0.4) is 0 Å². The summed E-state index contributed by atoms with van der Waals surface area (Å²) >= 11 is 0. The van der Waals surface area contributed by atoms with Crippen LogP contribution in [0, 0.1) is 11.8 Å². The molecular weight excluding hydrogens is 929 g/mol. The zero-order valence-electron chi connectivity index (χ0n) is 47.1. The molecule has 2 atom stereocenters. The van der Waals surface area contributed by atoms with Gasteiger partial charge < -0.3 is 4.74 Å². The summed E-state index contributed by atoms with van der Waals surface area (Å²) in [6.07, 6.45) is 35.7. The van der Waals surface area contributed by atoms with Gasteiger partial charge in [0, 0.05) is 11.8 Å². The van der Waals surface area contributed by atoms with Crippen LogP contribution in [0.2, 0.25) is 0 Å². The third kappa shape index (κ3) is 15.2. The molecule has 0 amide bonds. The first kappa shape index (κ1) is 56.2. The lowest BCUT2D eigenvalue weighted by atomic mass is 9.72. The second-order valence-electron chi connectivity index (χ2n) is 21.2. The van der Waals surface area contributed by atoms with Crippen LogP contribution in [0.25, 0.3) is 22.3 Å². The van der Waals surface area contributed by atoms with Crippen molar-refractivity contribution in [3.63, 3.8) is 0 Å². The predicted molar refractivity (Wildman–Crippen MR) is 333 cm³/mol. The van der Waals surface area contributed by atoms with Gasteiger partial charge in [-0.05, 0) is 129 Å². The molecule has 396 valence electrons. The molecule has 0 saturated carbocycles. The van der Waals surface area contributed by atoms with E-state index in [9.17, 15) is 0 Å². The van der Waals surface area contributed by atoms with Gasteiger partial charge in [0.25, 0.3) is 0 Å². The van der Waals surface area contributed by atoms with Gasteiger partial charge in [-0.1, -0.05) is 311 Å². The molecule has 2 unspecified atom stereocenters. The lowest BCUT2D eigenvalue weighted by Gasteiger charge is -2.35. The van der Waals surface area contributed by atoms with Crippen LogP contribution in [0.5, 0.6) is 0 Å². The van der Waals surface area contributed by atoms with Crippen molar-refractivity contribution < 1.29 is 4.74 Å². The highest BCUT2D eigenvalue weighted by atomic mass is 16.5. The van der Waals surface area contributed by atoms with Crippen LogP contribution in [0.15, 0.2) is 252 Å². The molecule has 6 aromatic rings. The van der Waals surface area contributed by atoms with Gasteiger partial charge in [-0.25, -0.2) is 0 Å². The lowest BCUT2D eigenvalue weighted by molar-refractivity contribution is 0.313.